The van der Waals surface area contributed by atoms with E-state index in [2.05, 4.69) is 15.0 Å². The summed E-state index contributed by atoms with van der Waals surface area (Å²) in [6.45, 7) is 1.92. The number of benzene rings is 1. The van der Waals surface area contributed by atoms with Crippen LogP contribution in [0.2, 0.25) is 0 Å². The number of rotatable bonds is 3. The van der Waals surface area contributed by atoms with Crippen molar-refractivity contribution in [2.75, 3.05) is 12.8 Å². The Balaban J connectivity index is 2.26. The van der Waals surface area contributed by atoms with Crippen LogP contribution in [-0.2, 0) is 0 Å². The van der Waals surface area contributed by atoms with Crippen LogP contribution >= 0.6 is 0 Å². The summed E-state index contributed by atoms with van der Waals surface area (Å²) in [4.78, 5) is 12.9. The third-order valence-electron chi connectivity index (χ3n) is 3.40. The number of ether oxygens (including phenoxy) is 1. The monoisotopic (exact) mass is 292 g/mol. The van der Waals surface area contributed by atoms with E-state index in [4.69, 9.17) is 10.5 Å². The van der Waals surface area contributed by atoms with Crippen LogP contribution in [-0.4, -0.2) is 22.1 Å². The normalized spacial score (nSPS) is 10.5. The summed E-state index contributed by atoms with van der Waals surface area (Å²) in [6, 6.07) is 11.6. The fourth-order valence-electron chi connectivity index (χ4n) is 2.43. The van der Waals surface area contributed by atoms with Gasteiger partial charge in [-0.15, -0.1) is 0 Å². The Kier molecular flexibility index (Phi) is 3.70. The second kappa shape index (κ2) is 5.81. The number of aryl methyl sites for hydroxylation is 1. The molecule has 0 aliphatic carbocycles. The maximum absolute atomic E-state index is 5.85. The summed E-state index contributed by atoms with van der Waals surface area (Å²) in [7, 11) is 1.64. The molecular weight excluding hydrogens is 276 g/mol. The standard InChI is InChI=1S/C17H16N4O/c1-11-15(13-6-4-8-19-10-13)16(21-17(18)20-11)12-5-3-7-14(9-12)22-2/h3-10H,1-2H3,(H2,18,20,21). The smallest absolute Gasteiger partial charge is 0.220 e. The summed E-state index contributed by atoms with van der Waals surface area (Å²) in [6.07, 6.45) is 3.54. The molecule has 0 amide bonds. The van der Waals surface area contributed by atoms with E-state index in [0.29, 0.717) is 0 Å². The maximum Gasteiger partial charge on any atom is 0.220 e. The van der Waals surface area contributed by atoms with Gasteiger partial charge in [-0.25, -0.2) is 9.97 Å². The molecule has 0 saturated carbocycles. The quantitative estimate of drug-likeness (QED) is 0.803. The molecule has 0 fully saturated rings. The molecule has 0 bridgehead atoms. The Hall–Kier alpha value is -2.95. The molecule has 0 aliphatic heterocycles. The predicted octanol–water partition coefficient (Wildman–Crippen LogP) is 3.10. The average Bonchev–Trinajstić information content (AvgIpc) is 2.55. The number of hydrogen-bond acceptors (Lipinski definition) is 5. The Morgan fingerprint density at radius 1 is 1.05 bits per heavy atom. The number of pyridine rings is 1. The number of methoxy groups -OCH3 is 1. The van der Waals surface area contributed by atoms with Crippen molar-refractivity contribution in [3.63, 3.8) is 0 Å². The first-order chi connectivity index (χ1) is 10.7. The van der Waals surface area contributed by atoms with Gasteiger partial charge in [0.15, 0.2) is 0 Å². The lowest BCUT2D eigenvalue weighted by Crippen LogP contribution is -2.02. The molecule has 0 unspecified atom stereocenters. The summed E-state index contributed by atoms with van der Waals surface area (Å²) >= 11 is 0. The molecule has 0 spiro atoms. The lowest BCUT2D eigenvalue weighted by atomic mass is 9.99. The zero-order valence-corrected chi connectivity index (χ0v) is 12.4. The van der Waals surface area contributed by atoms with Gasteiger partial charge in [0.2, 0.25) is 5.95 Å². The Morgan fingerprint density at radius 3 is 2.59 bits per heavy atom. The number of anilines is 1. The number of nitrogen functional groups attached to an aromatic ring is 1. The first-order valence-corrected chi connectivity index (χ1v) is 6.88. The van der Waals surface area contributed by atoms with Crippen molar-refractivity contribution >= 4 is 5.95 Å². The Bertz CT molecular complexity index is 803. The van der Waals surface area contributed by atoms with Crippen molar-refractivity contribution in [2.45, 2.75) is 6.92 Å². The molecule has 2 aromatic heterocycles. The van der Waals surface area contributed by atoms with E-state index in [1.54, 1.807) is 19.5 Å². The van der Waals surface area contributed by atoms with Crippen LogP contribution in [0.25, 0.3) is 22.4 Å². The topological polar surface area (TPSA) is 73.9 Å². The van der Waals surface area contributed by atoms with Crippen molar-refractivity contribution in [1.82, 2.24) is 15.0 Å². The molecule has 0 radical (unpaired) electrons. The second-order valence-electron chi connectivity index (χ2n) is 4.86. The SMILES string of the molecule is COc1cccc(-c2nc(N)nc(C)c2-c2cccnc2)c1. The maximum atomic E-state index is 5.85. The minimum Gasteiger partial charge on any atom is -0.497 e. The first-order valence-electron chi connectivity index (χ1n) is 6.88. The molecule has 5 nitrogen and oxygen atoms in total. The number of hydrogen-bond donors (Lipinski definition) is 1. The van der Waals surface area contributed by atoms with E-state index >= 15 is 0 Å². The summed E-state index contributed by atoms with van der Waals surface area (Å²) in [5.41, 5.74) is 10.2. The van der Waals surface area contributed by atoms with E-state index in [1.807, 2.05) is 43.3 Å². The van der Waals surface area contributed by atoms with Crippen molar-refractivity contribution < 1.29 is 4.74 Å². The van der Waals surface area contributed by atoms with Crippen molar-refractivity contribution in [2.24, 2.45) is 0 Å². The highest BCUT2D eigenvalue weighted by atomic mass is 16.5. The van der Waals surface area contributed by atoms with Crippen LogP contribution in [0, 0.1) is 6.92 Å². The van der Waals surface area contributed by atoms with Gasteiger partial charge in [0.05, 0.1) is 18.5 Å². The lowest BCUT2D eigenvalue weighted by Gasteiger charge is -2.13. The fourth-order valence-corrected chi connectivity index (χ4v) is 2.43. The van der Waals surface area contributed by atoms with E-state index in [0.717, 1.165) is 33.8 Å². The number of aromatic nitrogens is 3. The molecule has 0 saturated heterocycles. The Labute approximate surface area is 128 Å². The number of nitrogens with zero attached hydrogens (tertiary/aromatic N) is 3. The van der Waals surface area contributed by atoms with Crippen LogP contribution in [0.3, 0.4) is 0 Å². The summed E-state index contributed by atoms with van der Waals surface area (Å²) in [5.74, 6) is 1.02. The third kappa shape index (κ3) is 2.61. The van der Waals surface area contributed by atoms with Gasteiger partial charge >= 0.3 is 0 Å². The van der Waals surface area contributed by atoms with Crippen LogP contribution in [0.1, 0.15) is 5.69 Å². The second-order valence-corrected chi connectivity index (χ2v) is 4.86. The highest BCUT2D eigenvalue weighted by Gasteiger charge is 2.15. The van der Waals surface area contributed by atoms with Crippen molar-refractivity contribution in [3.8, 4) is 28.1 Å². The van der Waals surface area contributed by atoms with Crippen LogP contribution in [0.5, 0.6) is 5.75 Å². The van der Waals surface area contributed by atoms with E-state index < -0.39 is 0 Å². The van der Waals surface area contributed by atoms with E-state index in [-0.39, 0.29) is 5.95 Å². The van der Waals surface area contributed by atoms with Crippen LogP contribution < -0.4 is 10.5 Å². The van der Waals surface area contributed by atoms with E-state index in [1.165, 1.54) is 0 Å². The molecule has 5 heteroatoms. The minimum absolute atomic E-state index is 0.253. The highest BCUT2D eigenvalue weighted by Crippen LogP contribution is 2.33. The molecule has 3 rings (SSSR count). The van der Waals surface area contributed by atoms with Crippen LogP contribution in [0.15, 0.2) is 48.8 Å². The average molecular weight is 292 g/mol. The molecule has 22 heavy (non-hydrogen) atoms. The fraction of sp³-hybridized carbons (Fsp3) is 0.118. The Morgan fingerprint density at radius 2 is 1.86 bits per heavy atom. The van der Waals surface area contributed by atoms with Gasteiger partial charge in [-0.1, -0.05) is 18.2 Å². The molecule has 0 atom stereocenters. The predicted molar refractivity (Wildman–Crippen MR) is 86.4 cm³/mol. The summed E-state index contributed by atoms with van der Waals surface area (Å²) in [5, 5.41) is 0. The van der Waals surface area contributed by atoms with Gasteiger partial charge in [-0.05, 0) is 25.1 Å². The first kappa shape index (κ1) is 14.0. The molecule has 2 N–H and O–H groups in total. The molecule has 2 heterocycles. The number of nitrogens with two attached hydrogens (primary N) is 1. The highest BCUT2D eigenvalue weighted by molar-refractivity contribution is 5.82. The lowest BCUT2D eigenvalue weighted by molar-refractivity contribution is 0.415. The van der Waals surface area contributed by atoms with E-state index in [9.17, 15) is 0 Å². The summed E-state index contributed by atoms with van der Waals surface area (Å²) < 4.78 is 5.30. The molecule has 0 aliphatic rings. The van der Waals surface area contributed by atoms with Crippen molar-refractivity contribution in [1.29, 1.82) is 0 Å². The van der Waals surface area contributed by atoms with Gasteiger partial charge < -0.3 is 10.5 Å². The molecular formula is C17H16N4O. The molecule has 1 aromatic carbocycles. The van der Waals surface area contributed by atoms with Gasteiger partial charge in [0.25, 0.3) is 0 Å². The molecule has 110 valence electrons. The zero-order valence-electron chi connectivity index (χ0n) is 12.4. The van der Waals surface area contributed by atoms with Crippen LogP contribution in [0.4, 0.5) is 5.95 Å². The third-order valence-corrected chi connectivity index (χ3v) is 3.40. The minimum atomic E-state index is 0.253. The zero-order chi connectivity index (χ0) is 15.5. The van der Waals surface area contributed by atoms with Gasteiger partial charge in [0.1, 0.15) is 5.75 Å². The van der Waals surface area contributed by atoms with Gasteiger partial charge in [-0.2, -0.15) is 0 Å². The largest absolute Gasteiger partial charge is 0.497 e. The van der Waals surface area contributed by atoms with Gasteiger partial charge in [0, 0.05) is 29.1 Å². The molecule has 3 aromatic rings. The van der Waals surface area contributed by atoms with Crippen molar-refractivity contribution in [3.05, 3.63) is 54.5 Å². The van der Waals surface area contributed by atoms with Gasteiger partial charge in [-0.3, -0.25) is 4.98 Å².